The highest BCUT2D eigenvalue weighted by Gasteiger charge is 2.48. The molecule has 88 valence electrons. The second kappa shape index (κ2) is 4.09. The maximum Gasteiger partial charge on any atom is 0.0786 e. The molecule has 0 aromatic carbocycles. The van der Waals surface area contributed by atoms with Gasteiger partial charge in [0.15, 0.2) is 0 Å². The molecule has 1 aliphatic heterocycles. The van der Waals surface area contributed by atoms with Gasteiger partial charge in [0, 0.05) is 33.3 Å². The summed E-state index contributed by atoms with van der Waals surface area (Å²) in [6.07, 6.45) is 4.87. The van der Waals surface area contributed by atoms with Gasteiger partial charge in [-0.05, 0) is 47.2 Å². The third kappa shape index (κ3) is 2.08. The highest BCUT2D eigenvalue weighted by atomic mass is 79.9. The van der Waals surface area contributed by atoms with Crippen molar-refractivity contribution in [2.45, 2.75) is 37.3 Å². The molecule has 1 aromatic rings. The smallest absolute Gasteiger partial charge is 0.0786 e. The molecule has 2 fully saturated rings. The van der Waals surface area contributed by atoms with Crippen molar-refractivity contribution in [1.29, 1.82) is 0 Å². The molecule has 16 heavy (non-hydrogen) atoms. The summed E-state index contributed by atoms with van der Waals surface area (Å²) in [7, 11) is 0. The van der Waals surface area contributed by atoms with Gasteiger partial charge < -0.3 is 10.5 Å². The van der Waals surface area contributed by atoms with Gasteiger partial charge in [-0.15, -0.1) is 11.3 Å². The van der Waals surface area contributed by atoms with Gasteiger partial charge in [-0.1, -0.05) is 0 Å². The first-order valence-corrected chi connectivity index (χ1v) is 7.48. The summed E-state index contributed by atoms with van der Waals surface area (Å²) >= 11 is 5.28. The first-order valence-electron chi connectivity index (χ1n) is 5.81. The zero-order valence-corrected chi connectivity index (χ0v) is 11.5. The fourth-order valence-electron chi connectivity index (χ4n) is 2.65. The molecule has 1 saturated heterocycles. The summed E-state index contributed by atoms with van der Waals surface area (Å²) < 4.78 is 7.00. The van der Waals surface area contributed by atoms with E-state index in [-0.39, 0.29) is 5.54 Å². The van der Waals surface area contributed by atoms with Crippen LogP contribution in [0.5, 0.6) is 0 Å². The predicted octanol–water partition coefficient (Wildman–Crippen LogP) is 2.95. The molecule has 1 aromatic heterocycles. The first kappa shape index (κ1) is 11.2. The fourth-order valence-corrected chi connectivity index (χ4v) is 4.24. The van der Waals surface area contributed by atoms with E-state index in [9.17, 15) is 0 Å². The maximum atomic E-state index is 6.55. The molecule has 0 spiro atoms. The minimum Gasteiger partial charge on any atom is -0.376 e. The van der Waals surface area contributed by atoms with E-state index in [1.54, 1.807) is 11.3 Å². The topological polar surface area (TPSA) is 35.2 Å². The largest absolute Gasteiger partial charge is 0.376 e. The third-order valence-electron chi connectivity index (χ3n) is 3.61. The molecule has 2 unspecified atom stereocenters. The van der Waals surface area contributed by atoms with E-state index in [2.05, 4.69) is 27.4 Å². The summed E-state index contributed by atoms with van der Waals surface area (Å²) in [6.45, 7) is 0.838. The summed E-state index contributed by atoms with van der Waals surface area (Å²) in [4.78, 5) is 1.37. The standard InChI is InChI=1S/C12H16BrNOS/c13-9-5-10(16-7-9)6-12(14)3-4-15-11(12)8-1-2-8/h5,7-8,11H,1-4,6,14H2. The molecule has 2 heterocycles. The molecule has 0 amide bonds. The van der Waals surface area contributed by atoms with Crippen LogP contribution in [0.25, 0.3) is 0 Å². The van der Waals surface area contributed by atoms with Crippen LogP contribution in [-0.4, -0.2) is 18.2 Å². The molecule has 2 aliphatic rings. The highest BCUT2D eigenvalue weighted by molar-refractivity contribution is 9.10. The van der Waals surface area contributed by atoms with Gasteiger partial charge in [0.25, 0.3) is 0 Å². The van der Waals surface area contributed by atoms with E-state index >= 15 is 0 Å². The summed E-state index contributed by atoms with van der Waals surface area (Å²) in [5, 5.41) is 2.13. The molecule has 0 radical (unpaired) electrons. The Labute approximate surface area is 108 Å². The Morgan fingerprint density at radius 1 is 1.56 bits per heavy atom. The van der Waals surface area contributed by atoms with Crippen LogP contribution in [0, 0.1) is 5.92 Å². The number of hydrogen-bond donors (Lipinski definition) is 1. The number of ether oxygens (including phenoxy) is 1. The van der Waals surface area contributed by atoms with Crippen molar-refractivity contribution in [2.24, 2.45) is 11.7 Å². The van der Waals surface area contributed by atoms with Crippen molar-refractivity contribution in [3.05, 3.63) is 20.8 Å². The second-order valence-electron chi connectivity index (χ2n) is 5.02. The van der Waals surface area contributed by atoms with Gasteiger partial charge in [0.1, 0.15) is 0 Å². The molecular formula is C12H16BrNOS. The lowest BCUT2D eigenvalue weighted by Gasteiger charge is -2.29. The Hall–Kier alpha value is 0.1000. The molecule has 1 saturated carbocycles. The van der Waals surface area contributed by atoms with E-state index in [4.69, 9.17) is 10.5 Å². The van der Waals surface area contributed by atoms with Gasteiger partial charge in [-0.3, -0.25) is 0 Å². The van der Waals surface area contributed by atoms with Gasteiger partial charge in [0.2, 0.25) is 0 Å². The normalized spacial score (nSPS) is 34.5. The van der Waals surface area contributed by atoms with Crippen LogP contribution in [0.3, 0.4) is 0 Å². The van der Waals surface area contributed by atoms with Crippen LogP contribution < -0.4 is 5.73 Å². The highest BCUT2D eigenvalue weighted by Crippen LogP contribution is 2.44. The number of nitrogens with two attached hydrogens (primary N) is 1. The lowest BCUT2D eigenvalue weighted by Crippen LogP contribution is -2.50. The molecule has 4 heteroatoms. The first-order chi connectivity index (χ1) is 7.67. The van der Waals surface area contributed by atoms with Gasteiger partial charge >= 0.3 is 0 Å². The zero-order valence-electron chi connectivity index (χ0n) is 9.12. The quantitative estimate of drug-likeness (QED) is 0.931. The lowest BCUT2D eigenvalue weighted by atomic mass is 9.85. The Balaban J connectivity index is 1.76. The van der Waals surface area contributed by atoms with Crippen LogP contribution >= 0.6 is 27.3 Å². The SMILES string of the molecule is NC1(Cc2cc(Br)cs2)CCOC1C1CC1. The molecule has 2 N–H and O–H groups in total. The van der Waals surface area contributed by atoms with Gasteiger partial charge in [-0.25, -0.2) is 0 Å². The maximum absolute atomic E-state index is 6.55. The van der Waals surface area contributed by atoms with Crippen LogP contribution in [0.1, 0.15) is 24.1 Å². The Morgan fingerprint density at radius 2 is 2.38 bits per heavy atom. The molecule has 1 aliphatic carbocycles. The van der Waals surface area contributed by atoms with E-state index in [0.29, 0.717) is 6.10 Å². The van der Waals surface area contributed by atoms with Crippen molar-refractivity contribution in [2.75, 3.05) is 6.61 Å². The average molecular weight is 302 g/mol. The van der Waals surface area contributed by atoms with Crippen LogP contribution in [0.2, 0.25) is 0 Å². The molecule has 3 rings (SSSR count). The number of hydrogen-bond acceptors (Lipinski definition) is 3. The summed E-state index contributed by atoms with van der Waals surface area (Å²) in [5.74, 6) is 0.732. The monoisotopic (exact) mass is 301 g/mol. The van der Waals surface area contributed by atoms with Gasteiger partial charge in [-0.2, -0.15) is 0 Å². The predicted molar refractivity (Wildman–Crippen MR) is 69.7 cm³/mol. The van der Waals surface area contributed by atoms with Crippen molar-refractivity contribution in [3.63, 3.8) is 0 Å². The number of thiophene rings is 1. The molecule has 2 nitrogen and oxygen atoms in total. The van der Waals surface area contributed by atoms with E-state index in [1.165, 1.54) is 17.7 Å². The van der Waals surface area contributed by atoms with Crippen LogP contribution in [0.4, 0.5) is 0 Å². The van der Waals surface area contributed by atoms with Crippen molar-refractivity contribution >= 4 is 27.3 Å². The van der Waals surface area contributed by atoms with E-state index in [0.717, 1.165) is 29.8 Å². The van der Waals surface area contributed by atoms with E-state index in [1.807, 2.05) is 0 Å². The minimum absolute atomic E-state index is 0.120. The lowest BCUT2D eigenvalue weighted by molar-refractivity contribution is 0.0629. The molecule has 0 bridgehead atoms. The Morgan fingerprint density at radius 3 is 3.00 bits per heavy atom. The fraction of sp³-hybridized carbons (Fsp3) is 0.667. The van der Waals surface area contributed by atoms with Crippen LogP contribution in [0.15, 0.2) is 15.9 Å². The van der Waals surface area contributed by atoms with Crippen molar-refractivity contribution in [3.8, 4) is 0 Å². The number of rotatable bonds is 3. The molecular weight excluding hydrogens is 286 g/mol. The molecule has 2 atom stereocenters. The minimum atomic E-state index is -0.120. The Kier molecular flexibility index (Phi) is 2.86. The van der Waals surface area contributed by atoms with Crippen molar-refractivity contribution < 1.29 is 4.74 Å². The van der Waals surface area contributed by atoms with Crippen LogP contribution in [-0.2, 0) is 11.2 Å². The average Bonchev–Trinajstić information content (AvgIpc) is 2.89. The second-order valence-corrected chi connectivity index (χ2v) is 6.93. The Bertz CT molecular complexity index is 390. The summed E-state index contributed by atoms with van der Waals surface area (Å²) in [5.41, 5.74) is 6.43. The van der Waals surface area contributed by atoms with E-state index < -0.39 is 0 Å². The summed E-state index contributed by atoms with van der Waals surface area (Å²) in [6, 6.07) is 2.18. The third-order valence-corrected chi connectivity index (χ3v) is 5.30. The zero-order chi connectivity index (χ0) is 11.2. The number of halogens is 1. The van der Waals surface area contributed by atoms with Gasteiger partial charge in [0.05, 0.1) is 6.10 Å². The van der Waals surface area contributed by atoms with Crippen molar-refractivity contribution in [1.82, 2.24) is 0 Å².